The molecule has 2 amide bonds. The van der Waals surface area contributed by atoms with Crippen LogP contribution in [0.5, 0.6) is 0 Å². The zero-order chi connectivity index (χ0) is 17.8. The summed E-state index contributed by atoms with van der Waals surface area (Å²) in [6.07, 6.45) is 0. The van der Waals surface area contributed by atoms with Crippen LogP contribution in [0.3, 0.4) is 0 Å². The van der Waals surface area contributed by atoms with E-state index in [9.17, 15) is 13.6 Å². The molecule has 2 aromatic carbocycles. The fourth-order valence-corrected chi connectivity index (χ4v) is 2.69. The molecule has 132 valence electrons. The first-order chi connectivity index (χ1) is 12.0. The van der Waals surface area contributed by atoms with E-state index in [1.165, 1.54) is 6.07 Å². The van der Waals surface area contributed by atoms with Crippen molar-refractivity contribution in [3.8, 4) is 0 Å². The Morgan fingerprint density at radius 2 is 1.48 bits per heavy atom. The summed E-state index contributed by atoms with van der Waals surface area (Å²) in [5, 5.41) is 5.14. The number of amides is 2. The molecule has 1 aliphatic heterocycles. The van der Waals surface area contributed by atoms with Gasteiger partial charge in [-0.2, -0.15) is 0 Å². The van der Waals surface area contributed by atoms with Gasteiger partial charge in [-0.15, -0.1) is 0 Å². The zero-order valence-corrected chi connectivity index (χ0v) is 13.9. The Hall–Kier alpha value is -2.67. The lowest BCUT2D eigenvalue weighted by Gasteiger charge is -2.34. The highest BCUT2D eigenvalue weighted by molar-refractivity contribution is 5.99. The SMILES string of the molecule is CN1CCN(c2ccc(NC(=O)Nc3ccc(F)c(F)c3)cc2)CC1. The number of nitrogens with one attached hydrogen (secondary N) is 2. The molecule has 0 aliphatic carbocycles. The predicted octanol–water partition coefficient (Wildman–Crippen LogP) is 3.36. The van der Waals surface area contributed by atoms with Crippen LogP contribution in [0.15, 0.2) is 42.5 Å². The van der Waals surface area contributed by atoms with E-state index >= 15 is 0 Å². The Labute approximate surface area is 145 Å². The van der Waals surface area contributed by atoms with E-state index in [2.05, 4.69) is 27.5 Å². The van der Waals surface area contributed by atoms with Crippen LogP contribution in [-0.2, 0) is 0 Å². The second-order valence-corrected chi connectivity index (χ2v) is 6.05. The quantitative estimate of drug-likeness (QED) is 0.896. The Morgan fingerprint density at radius 1 is 0.880 bits per heavy atom. The minimum atomic E-state index is -1.01. The van der Waals surface area contributed by atoms with Gasteiger partial charge in [-0.1, -0.05) is 0 Å². The fraction of sp³-hybridized carbons (Fsp3) is 0.278. The van der Waals surface area contributed by atoms with Crippen molar-refractivity contribution < 1.29 is 13.6 Å². The van der Waals surface area contributed by atoms with Gasteiger partial charge in [-0.25, -0.2) is 13.6 Å². The maximum atomic E-state index is 13.1. The number of anilines is 3. The van der Waals surface area contributed by atoms with Gasteiger partial charge >= 0.3 is 6.03 Å². The molecule has 1 aliphatic rings. The zero-order valence-electron chi connectivity index (χ0n) is 13.9. The van der Waals surface area contributed by atoms with Gasteiger partial charge in [0.05, 0.1) is 0 Å². The third-order valence-electron chi connectivity index (χ3n) is 4.17. The van der Waals surface area contributed by atoms with Crippen molar-refractivity contribution in [2.24, 2.45) is 0 Å². The Balaban J connectivity index is 1.57. The highest BCUT2D eigenvalue weighted by Crippen LogP contribution is 2.20. The van der Waals surface area contributed by atoms with Crippen molar-refractivity contribution in [1.82, 2.24) is 4.90 Å². The first-order valence-electron chi connectivity index (χ1n) is 8.08. The fourth-order valence-electron chi connectivity index (χ4n) is 2.69. The summed E-state index contributed by atoms with van der Waals surface area (Å²) in [6.45, 7) is 3.99. The van der Waals surface area contributed by atoms with E-state index in [1.54, 1.807) is 0 Å². The molecule has 7 heteroatoms. The molecule has 0 atom stereocenters. The largest absolute Gasteiger partial charge is 0.369 e. The van der Waals surface area contributed by atoms with Gasteiger partial charge in [-0.05, 0) is 43.4 Å². The van der Waals surface area contributed by atoms with Crippen molar-refractivity contribution in [3.05, 3.63) is 54.1 Å². The summed E-state index contributed by atoms with van der Waals surface area (Å²) in [4.78, 5) is 16.5. The van der Waals surface area contributed by atoms with Crippen molar-refractivity contribution >= 4 is 23.1 Å². The van der Waals surface area contributed by atoms with Gasteiger partial charge < -0.3 is 20.4 Å². The van der Waals surface area contributed by atoms with E-state index in [0.717, 1.165) is 44.0 Å². The smallest absolute Gasteiger partial charge is 0.323 e. The normalized spacial score (nSPS) is 15.1. The van der Waals surface area contributed by atoms with Crippen LogP contribution in [0.2, 0.25) is 0 Å². The molecule has 2 N–H and O–H groups in total. The third kappa shape index (κ3) is 4.45. The molecule has 1 heterocycles. The van der Waals surface area contributed by atoms with Crippen LogP contribution in [0.1, 0.15) is 0 Å². The highest BCUT2D eigenvalue weighted by Gasteiger charge is 2.14. The van der Waals surface area contributed by atoms with Crippen LogP contribution in [0.25, 0.3) is 0 Å². The monoisotopic (exact) mass is 346 g/mol. The molecule has 0 aromatic heterocycles. The molecule has 1 saturated heterocycles. The number of benzene rings is 2. The minimum absolute atomic E-state index is 0.186. The summed E-state index contributed by atoms with van der Waals surface area (Å²) in [7, 11) is 2.11. The molecule has 5 nitrogen and oxygen atoms in total. The van der Waals surface area contributed by atoms with Crippen molar-refractivity contribution in [2.45, 2.75) is 0 Å². The number of urea groups is 1. The Kier molecular flexibility index (Phi) is 5.14. The van der Waals surface area contributed by atoms with E-state index < -0.39 is 17.7 Å². The number of hydrogen-bond donors (Lipinski definition) is 2. The average molecular weight is 346 g/mol. The molecule has 0 unspecified atom stereocenters. The van der Waals surface area contributed by atoms with E-state index in [4.69, 9.17) is 0 Å². The first kappa shape index (κ1) is 17.2. The summed E-state index contributed by atoms with van der Waals surface area (Å²) in [6, 6.07) is 10.2. The number of carbonyl (C=O) groups excluding carboxylic acids is 1. The lowest BCUT2D eigenvalue weighted by atomic mass is 10.2. The molecule has 25 heavy (non-hydrogen) atoms. The molecular weight excluding hydrogens is 326 g/mol. The molecule has 3 rings (SSSR count). The lowest BCUT2D eigenvalue weighted by Crippen LogP contribution is -2.44. The summed E-state index contributed by atoms with van der Waals surface area (Å²) in [5.74, 6) is -1.96. The van der Waals surface area contributed by atoms with Gasteiger partial charge in [0.25, 0.3) is 0 Å². The maximum absolute atomic E-state index is 13.1. The summed E-state index contributed by atoms with van der Waals surface area (Å²) in [5.41, 5.74) is 1.92. The number of halogens is 2. The summed E-state index contributed by atoms with van der Waals surface area (Å²) >= 11 is 0. The van der Waals surface area contributed by atoms with E-state index in [-0.39, 0.29) is 5.69 Å². The van der Waals surface area contributed by atoms with Crippen LogP contribution >= 0.6 is 0 Å². The van der Waals surface area contributed by atoms with E-state index in [1.807, 2.05) is 24.3 Å². The maximum Gasteiger partial charge on any atom is 0.323 e. The number of likely N-dealkylation sites (N-methyl/N-ethyl adjacent to an activating group) is 1. The Bertz CT molecular complexity index is 743. The van der Waals surface area contributed by atoms with Crippen LogP contribution in [0, 0.1) is 11.6 Å². The van der Waals surface area contributed by atoms with Gasteiger partial charge in [0, 0.05) is 49.3 Å². The van der Waals surface area contributed by atoms with Crippen LogP contribution in [-0.4, -0.2) is 44.2 Å². The lowest BCUT2D eigenvalue weighted by molar-refractivity contribution is 0.262. The first-order valence-corrected chi connectivity index (χ1v) is 8.08. The third-order valence-corrected chi connectivity index (χ3v) is 4.17. The second-order valence-electron chi connectivity index (χ2n) is 6.05. The second kappa shape index (κ2) is 7.48. The highest BCUT2D eigenvalue weighted by atomic mass is 19.2. The molecule has 1 fully saturated rings. The number of carbonyl (C=O) groups is 1. The van der Waals surface area contributed by atoms with Gasteiger partial charge in [-0.3, -0.25) is 0 Å². The van der Waals surface area contributed by atoms with Gasteiger partial charge in [0.1, 0.15) is 0 Å². The van der Waals surface area contributed by atoms with Crippen molar-refractivity contribution in [3.63, 3.8) is 0 Å². The molecule has 0 radical (unpaired) electrons. The van der Waals surface area contributed by atoms with Gasteiger partial charge in [0.15, 0.2) is 11.6 Å². The molecule has 2 aromatic rings. The average Bonchev–Trinajstić information content (AvgIpc) is 2.60. The minimum Gasteiger partial charge on any atom is -0.369 e. The topological polar surface area (TPSA) is 47.6 Å². The number of piperazine rings is 1. The molecule has 0 saturated carbocycles. The number of rotatable bonds is 3. The van der Waals surface area contributed by atoms with Crippen molar-refractivity contribution in [2.75, 3.05) is 48.8 Å². The molecule has 0 bridgehead atoms. The molecular formula is C18H20F2N4O. The van der Waals surface area contributed by atoms with Crippen LogP contribution < -0.4 is 15.5 Å². The Morgan fingerprint density at radius 3 is 2.12 bits per heavy atom. The summed E-state index contributed by atoms with van der Waals surface area (Å²) < 4.78 is 26.0. The molecule has 0 spiro atoms. The van der Waals surface area contributed by atoms with Crippen molar-refractivity contribution in [1.29, 1.82) is 0 Å². The number of hydrogen-bond acceptors (Lipinski definition) is 3. The van der Waals surface area contributed by atoms with Gasteiger partial charge in [0.2, 0.25) is 0 Å². The predicted molar refractivity (Wildman–Crippen MR) is 95.2 cm³/mol. The number of nitrogens with zero attached hydrogens (tertiary/aromatic N) is 2. The van der Waals surface area contributed by atoms with Crippen LogP contribution in [0.4, 0.5) is 30.6 Å². The standard InChI is InChI=1S/C18H20F2N4O/c1-23-8-10-24(11-9-23)15-5-2-13(3-6-15)21-18(25)22-14-4-7-16(19)17(20)12-14/h2-7,12H,8-11H2,1H3,(H2,21,22,25). The van der Waals surface area contributed by atoms with E-state index in [0.29, 0.717) is 5.69 Å².